The zero-order valence-corrected chi connectivity index (χ0v) is 34.7. The molecule has 0 amide bonds. The summed E-state index contributed by atoms with van der Waals surface area (Å²) in [7, 11) is 0. The summed E-state index contributed by atoms with van der Waals surface area (Å²) in [5.74, 6) is 1.93. The predicted molar refractivity (Wildman–Crippen MR) is 263 cm³/mol. The second-order valence-electron chi connectivity index (χ2n) is 16.0. The quantitative estimate of drug-likeness (QED) is 0.168. The van der Waals surface area contributed by atoms with E-state index in [1.807, 2.05) is 47.7 Å². The molecule has 6 heteroatoms. The van der Waals surface area contributed by atoms with E-state index in [0.717, 1.165) is 39.0 Å². The Labute approximate surface area is 366 Å². The molecule has 0 aliphatic carbocycles. The van der Waals surface area contributed by atoms with Gasteiger partial charge in [0.15, 0.2) is 17.5 Å². The average Bonchev–Trinajstić information content (AvgIpc) is 4.03. The van der Waals surface area contributed by atoms with Crippen LogP contribution in [0.3, 0.4) is 0 Å². The van der Waals surface area contributed by atoms with Crippen molar-refractivity contribution in [3.8, 4) is 56.7 Å². The summed E-state index contributed by atoms with van der Waals surface area (Å²) >= 11 is 1.89. The topological polar surface area (TPSA) is 48.5 Å². The van der Waals surface area contributed by atoms with E-state index in [4.69, 9.17) is 15.0 Å². The highest BCUT2D eigenvalue weighted by Crippen LogP contribution is 2.48. The fourth-order valence-corrected chi connectivity index (χ4v) is 10.9. The zero-order valence-electron chi connectivity index (χ0n) is 33.9. The van der Waals surface area contributed by atoms with Crippen LogP contribution in [0.4, 0.5) is 0 Å². The Bertz CT molecular complexity index is 3830. The standard InChI is InChI=1S/C57H35N5S/c1-5-17-36(18-6-1)55-58-56(37-19-7-2-8-20-37)60-57(59-55)38-31-34-50-48(35-38)44-32-33-47-46-29-16-28-45(53(46)63-54(47)52(44)62(50)40-23-11-4-12-24-40)43-27-15-26-42-41-25-13-14-30-49(41)61(51(42)43)39-21-9-3-10-22-39/h1-35H. The molecule has 0 bridgehead atoms. The highest BCUT2D eigenvalue weighted by molar-refractivity contribution is 7.27. The van der Waals surface area contributed by atoms with E-state index in [1.165, 1.54) is 64.0 Å². The van der Waals surface area contributed by atoms with E-state index >= 15 is 0 Å². The van der Waals surface area contributed by atoms with Crippen molar-refractivity contribution in [2.75, 3.05) is 0 Å². The lowest BCUT2D eigenvalue weighted by Crippen LogP contribution is -2.00. The summed E-state index contributed by atoms with van der Waals surface area (Å²) in [5, 5.41) is 7.33. The van der Waals surface area contributed by atoms with Crippen molar-refractivity contribution in [1.29, 1.82) is 0 Å². The first kappa shape index (κ1) is 35.6. The number of hydrogen-bond acceptors (Lipinski definition) is 4. The van der Waals surface area contributed by atoms with Gasteiger partial charge < -0.3 is 9.13 Å². The number of nitrogens with zero attached hydrogens (tertiary/aromatic N) is 5. The van der Waals surface area contributed by atoms with E-state index in [0.29, 0.717) is 17.5 Å². The van der Waals surface area contributed by atoms with Gasteiger partial charge >= 0.3 is 0 Å². The summed E-state index contributed by atoms with van der Waals surface area (Å²) in [6.07, 6.45) is 0. The van der Waals surface area contributed by atoms with Gasteiger partial charge in [-0.2, -0.15) is 0 Å². The van der Waals surface area contributed by atoms with E-state index in [1.54, 1.807) is 0 Å². The molecule has 0 spiro atoms. The lowest BCUT2D eigenvalue weighted by atomic mass is 9.99. The normalized spacial score (nSPS) is 11.8. The second-order valence-corrected chi connectivity index (χ2v) is 17.0. The van der Waals surface area contributed by atoms with Gasteiger partial charge in [-0.15, -0.1) is 11.3 Å². The average molecular weight is 822 g/mol. The molecule has 0 aliphatic heterocycles. The van der Waals surface area contributed by atoms with Crippen LogP contribution in [0, 0.1) is 0 Å². The molecular weight excluding hydrogens is 787 g/mol. The molecule has 0 fully saturated rings. The summed E-state index contributed by atoms with van der Waals surface area (Å²) in [6, 6.07) is 75.5. The van der Waals surface area contributed by atoms with Gasteiger partial charge in [-0.05, 0) is 48.5 Å². The molecular formula is C57H35N5S. The van der Waals surface area contributed by atoms with Crippen molar-refractivity contribution in [3.63, 3.8) is 0 Å². The van der Waals surface area contributed by atoms with Gasteiger partial charge in [-0.3, -0.25) is 0 Å². The number of rotatable bonds is 6. The summed E-state index contributed by atoms with van der Waals surface area (Å²) in [6.45, 7) is 0. The zero-order chi connectivity index (χ0) is 41.4. The maximum atomic E-state index is 5.10. The number of thiophene rings is 1. The van der Waals surface area contributed by atoms with Crippen molar-refractivity contribution in [3.05, 3.63) is 212 Å². The Morgan fingerprint density at radius 1 is 0.302 bits per heavy atom. The number of hydrogen-bond donors (Lipinski definition) is 0. The molecule has 294 valence electrons. The third-order valence-electron chi connectivity index (χ3n) is 12.4. The van der Waals surface area contributed by atoms with E-state index in [9.17, 15) is 0 Å². The Morgan fingerprint density at radius 3 is 1.44 bits per heavy atom. The molecule has 4 aromatic heterocycles. The first-order valence-electron chi connectivity index (χ1n) is 21.2. The van der Waals surface area contributed by atoms with Gasteiger partial charge in [0.2, 0.25) is 0 Å². The molecule has 13 rings (SSSR count). The van der Waals surface area contributed by atoms with Crippen molar-refractivity contribution < 1.29 is 0 Å². The Kier molecular flexibility index (Phi) is 8.01. The van der Waals surface area contributed by atoms with Gasteiger partial charge in [0.25, 0.3) is 0 Å². The number of aromatic nitrogens is 5. The Morgan fingerprint density at radius 2 is 0.778 bits per heavy atom. The minimum Gasteiger partial charge on any atom is -0.309 e. The maximum absolute atomic E-state index is 5.10. The van der Waals surface area contributed by atoms with Crippen LogP contribution in [0.15, 0.2) is 212 Å². The van der Waals surface area contributed by atoms with Crippen LogP contribution in [0.5, 0.6) is 0 Å². The van der Waals surface area contributed by atoms with Crippen LogP contribution in [0.2, 0.25) is 0 Å². The molecule has 4 heterocycles. The van der Waals surface area contributed by atoms with E-state index in [-0.39, 0.29) is 0 Å². The van der Waals surface area contributed by atoms with E-state index < -0.39 is 0 Å². The summed E-state index contributed by atoms with van der Waals surface area (Å²) < 4.78 is 7.41. The molecule has 0 saturated carbocycles. The summed E-state index contributed by atoms with van der Waals surface area (Å²) in [4.78, 5) is 15.2. The minimum atomic E-state index is 0.639. The molecule has 9 aromatic carbocycles. The van der Waals surface area contributed by atoms with Crippen molar-refractivity contribution >= 4 is 75.1 Å². The third kappa shape index (κ3) is 5.59. The minimum absolute atomic E-state index is 0.639. The van der Waals surface area contributed by atoms with Gasteiger partial charge in [0.05, 0.1) is 26.8 Å². The lowest BCUT2D eigenvalue weighted by molar-refractivity contribution is 1.07. The lowest BCUT2D eigenvalue weighted by Gasteiger charge is -2.12. The predicted octanol–water partition coefficient (Wildman–Crippen LogP) is 15.1. The first-order chi connectivity index (χ1) is 31.3. The molecule has 0 radical (unpaired) electrons. The Balaban J connectivity index is 1.07. The fraction of sp³-hybridized carbons (Fsp3) is 0. The molecule has 5 nitrogen and oxygen atoms in total. The molecule has 0 unspecified atom stereocenters. The van der Waals surface area contributed by atoms with Crippen LogP contribution < -0.4 is 0 Å². The maximum Gasteiger partial charge on any atom is 0.164 e. The molecule has 0 N–H and O–H groups in total. The first-order valence-corrected chi connectivity index (χ1v) is 22.0. The highest BCUT2D eigenvalue weighted by atomic mass is 32.1. The molecule has 0 saturated heterocycles. The fourth-order valence-electron chi connectivity index (χ4n) is 9.57. The van der Waals surface area contributed by atoms with E-state index in [2.05, 4.69) is 185 Å². The number of para-hydroxylation sites is 4. The third-order valence-corrected chi connectivity index (χ3v) is 13.6. The number of benzene rings is 9. The molecule has 63 heavy (non-hydrogen) atoms. The SMILES string of the molecule is c1ccc(-c2nc(-c3ccccc3)nc(-c3ccc4c(c3)c3ccc5c6cccc(-c7cccc8c9ccccc9n(-c9ccccc9)c78)c6sc5c3n4-c3ccccc3)n2)cc1. The van der Waals surface area contributed by atoms with Gasteiger partial charge in [-0.25, -0.2) is 15.0 Å². The smallest absolute Gasteiger partial charge is 0.164 e. The molecule has 0 atom stereocenters. The van der Waals surface area contributed by atoms with Crippen LogP contribution in [0.25, 0.3) is 120 Å². The number of fused-ring (bicyclic) bond motifs is 10. The summed E-state index contributed by atoms with van der Waals surface area (Å²) in [5.41, 5.74) is 12.3. The molecule has 13 aromatic rings. The van der Waals surface area contributed by atoms with Gasteiger partial charge in [0.1, 0.15) is 0 Å². The van der Waals surface area contributed by atoms with Gasteiger partial charge in [0, 0.05) is 76.2 Å². The largest absolute Gasteiger partial charge is 0.309 e. The Hall–Kier alpha value is -8.19. The van der Waals surface area contributed by atoms with Crippen molar-refractivity contribution in [2.24, 2.45) is 0 Å². The molecule has 0 aliphatic rings. The van der Waals surface area contributed by atoms with Crippen molar-refractivity contribution in [2.45, 2.75) is 0 Å². The highest BCUT2D eigenvalue weighted by Gasteiger charge is 2.23. The van der Waals surface area contributed by atoms with Crippen molar-refractivity contribution in [1.82, 2.24) is 24.1 Å². The monoisotopic (exact) mass is 821 g/mol. The van der Waals surface area contributed by atoms with Crippen LogP contribution in [0.1, 0.15) is 0 Å². The van der Waals surface area contributed by atoms with Crippen LogP contribution >= 0.6 is 11.3 Å². The second kappa shape index (κ2) is 14.2. The van der Waals surface area contributed by atoms with Crippen LogP contribution in [-0.2, 0) is 0 Å². The van der Waals surface area contributed by atoms with Crippen LogP contribution in [-0.4, -0.2) is 24.1 Å². The van der Waals surface area contributed by atoms with Gasteiger partial charge in [-0.1, -0.05) is 164 Å².